The van der Waals surface area contributed by atoms with Crippen molar-refractivity contribution in [3.8, 4) is 0 Å². The fraction of sp³-hybridized carbons (Fsp3) is 0.429. The summed E-state index contributed by atoms with van der Waals surface area (Å²) in [6.45, 7) is 0. The number of nitrogens with zero attached hydrogens (tertiary/aromatic N) is 3. The van der Waals surface area contributed by atoms with E-state index in [2.05, 4.69) is 9.84 Å². The van der Waals surface area contributed by atoms with E-state index in [1.54, 1.807) is 0 Å². The zero-order chi connectivity index (χ0) is 11.6. The van der Waals surface area contributed by atoms with Crippen molar-refractivity contribution in [2.45, 2.75) is 0 Å². The van der Waals surface area contributed by atoms with Crippen molar-refractivity contribution in [2.24, 2.45) is 0 Å². The van der Waals surface area contributed by atoms with Crippen LogP contribution in [0.4, 0.5) is 0 Å². The highest BCUT2D eigenvalue weighted by molar-refractivity contribution is 7.87. The molecule has 0 saturated heterocycles. The number of carbonyl (C=O) groups is 1. The molecular weight excluding hydrogens is 222 g/mol. The third-order valence-corrected chi connectivity index (χ3v) is 3.26. The van der Waals surface area contributed by atoms with Gasteiger partial charge in [-0.1, -0.05) is 0 Å². The van der Waals surface area contributed by atoms with Crippen LogP contribution in [0.1, 0.15) is 10.5 Å². The lowest BCUT2D eigenvalue weighted by molar-refractivity contribution is 0.0594. The molecular formula is C7H11N3O4S. The Morgan fingerprint density at radius 1 is 1.53 bits per heavy atom. The Hall–Kier alpha value is -1.41. The zero-order valence-electron chi connectivity index (χ0n) is 8.54. The summed E-state index contributed by atoms with van der Waals surface area (Å²) in [5, 5.41) is 3.59. The smallest absolute Gasteiger partial charge is 0.358 e. The summed E-state index contributed by atoms with van der Waals surface area (Å²) in [4.78, 5) is 11.0. The summed E-state index contributed by atoms with van der Waals surface area (Å²) in [6.07, 6.45) is 1.18. The van der Waals surface area contributed by atoms with Gasteiger partial charge >= 0.3 is 16.2 Å². The van der Waals surface area contributed by atoms with Gasteiger partial charge in [0, 0.05) is 20.3 Å². The number of rotatable bonds is 3. The van der Waals surface area contributed by atoms with Gasteiger partial charge in [0.05, 0.1) is 7.11 Å². The van der Waals surface area contributed by atoms with E-state index in [0.29, 0.717) is 4.09 Å². The molecule has 7 nitrogen and oxygen atoms in total. The van der Waals surface area contributed by atoms with Crippen LogP contribution in [-0.4, -0.2) is 49.1 Å². The second-order valence-corrected chi connectivity index (χ2v) is 4.86. The highest BCUT2D eigenvalue weighted by atomic mass is 32.2. The van der Waals surface area contributed by atoms with Crippen LogP contribution in [0.15, 0.2) is 12.3 Å². The number of methoxy groups -OCH3 is 1. The predicted octanol–water partition coefficient (Wildman–Crippen LogP) is -0.676. The van der Waals surface area contributed by atoms with Gasteiger partial charge in [-0.05, 0) is 6.07 Å². The van der Waals surface area contributed by atoms with E-state index < -0.39 is 16.2 Å². The minimum absolute atomic E-state index is 0.0528. The van der Waals surface area contributed by atoms with Crippen molar-refractivity contribution >= 4 is 16.2 Å². The van der Waals surface area contributed by atoms with Crippen molar-refractivity contribution in [1.29, 1.82) is 0 Å². The predicted molar refractivity (Wildman–Crippen MR) is 51.6 cm³/mol. The van der Waals surface area contributed by atoms with Gasteiger partial charge < -0.3 is 4.74 Å². The van der Waals surface area contributed by atoms with Crippen LogP contribution < -0.4 is 0 Å². The van der Waals surface area contributed by atoms with Gasteiger partial charge in [-0.15, -0.1) is 5.10 Å². The Bertz CT molecular complexity index is 462. The Morgan fingerprint density at radius 3 is 2.60 bits per heavy atom. The topological polar surface area (TPSA) is 81.5 Å². The number of carbonyl (C=O) groups excluding carboxylic acids is 1. The van der Waals surface area contributed by atoms with Crippen LogP contribution in [0.3, 0.4) is 0 Å². The first-order valence-electron chi connectivity index (χ1n) is 3.96. The van der Waals surface area contributed by atoms with Gasteiger partial charge in [0.25, 0.3) is 0 Å². The lowest BCUT2D eigenvalue weighted by Crippen LogP contribution is -2.29. The Kier molecular flexibility index (Phi) is 3.10. The molecule has 1 aromatic rings. The molecule has 0 bridgehead atoms. The standard InChI is InChI=1S/C7H11N3O4S/c1-9(2)15(12,13)10-5-4-6(8-10)7(11)14-3/h4-5H,1-3H3. The molecule has 1 rings (SSSR count). The maximum atomic E-state index is 11.5. The number of hydrogen-bond donors (Lipinski definition) is 0. The number of aromatic nitrogens is 2. The van der Waals surface area contributed by atoms with Crippen LogP contribution in [0.25, 0.3) is 0 Å². The van der Waals surface area contributed by atoms with E-state index in [-0.39, 0.29) is 5.69 Å². The molecule has 0 unspecified atom stereocenters. The van der Waals surface area contributed by atoms with Crippen molar-refractivity contribution in [3.05, 3.63) is 18.0 Å². The van der Waals surface area contributed by atoms with E-state index in [4.69, 9.17) is 0 Å². The second-order valence-electron chi connectivity index (χ2n) is 2.86. The monoisotopic (exact) mass is 233 g/mol. The highest BCUT2D eigenvalue weighted by Crippen LogP contribution is 2.03. The summed E-state index contributed by atoms with van der Waals surface area (Å²) in [5.74, 6) is -0.678. The first-order chi connectivity index (χ1) is 6.89. The Morgan fingerprint density at radius 2 is 2.13 bits per heavy atom. The minimum Gasteiger partial charge on any atom is -0.464 e. The van der Waals surface area contributed by atoms with E-state index >= 15 is 0 Å². The van der Waals surface area contributed by atoms with E-state index in [0.717, 1.165) is 4.31 Å². The van der Waals surface area contributed by atoms with Crippen LogP contribution in [-0.2, 0) is 14.9 Å². The van der Waals surface area contributed by atoms with Crippen molar-refractivity contribution < 1.29 is 17.9 Å². The van der Waals surface area contributed by atoms with Gasteiger partial charge in [0.1, 0.15) is 0 Å². The fourth-order valence-corrected chi connectivity index (χ4v) is 1.56. The second kappa shape index (κ2) is 3.99. The lowest BCUT2D eigenvalue weighted by Gasteiger charge is -2.09. The molecule has 0 aliphatic carbocycles. The van der Waals surface area contributed by atoms with E-state index in [1.807, 2.05) is 0 Å². The van der Waals surface area contributed by atoms with Crippen molar-refractivity contribution in [1.82, 2.24) is 13.5 Å². The molecule has 1 heterocycles. The normalized spacial score (nSPS) is 11.7. The number of hydrogen-bond acceptors (Lipinski definition) is 5. The Balaban J connectivity index is 3.10. The van der Waals surface area contributed by atoms with Gasteiger partial charge in [-0.25, -0.2) is 4.79 Å². The molecule has 0 aliphatic heterocycles. The first kappa shape index (κ1) is 11.7. The molecule has 0 radical (unpaired) electrons. The summed E-state index contributed by atoms with van der Waals surface area (Å²) >= 11 is 0. The molecule has 1 aromatic heterocycles. The lowest BCUT2D eigenvalue weighted by atomic mass is 10.4. The quantitative estimate of drug-likeness (QED) is 0.646. The molecule has 0 aromatic carbocycles. The molecule has 0 amide bonds. The summed E-state index contributed by atoms with van der Waals surface area (Å²) in [5.41, 5.74) is -0.0528. The van der Waals surface area contributed by atoms with Gasteiger partial charge in [-0.3, -0.25) is 0 Å². The maximum absolute atomic E-state index is 11.5. The van der Waals surface area contributed by atoms with Crippen LogP contribution in [0, 0.1) is 0 Å². The van der Waals surface area contributed by atoms with Gasteiger partial charge in [0.15, 0.2) is 5.69 Å². The van der Waals surface area contributed by atoms with Crippen LogP contribution in [0.2, 0.25) is 0 Å². The highest BCUT2D eigenvalue weighted by Gasteiger charge is 2.19. The van der Waals surface area contributed by atoms with Crippen molar-refractivity contribution in [2.75, 3.05) is 21.2 Å². The van der Waals surface area contributed by atoms with Gasteiger partial charge in [0.2, 0.25) is 0 Å². The largest absolute Gasteiger partial charge is 0.464 e. The molecule has 0 atom stereocenters. The average molecular weight is 233 g/mol. The SMILES string of the molecule is COC(=O)c1ccn(S(=O)(=O)N(C)C)n1. The summed E-state index contributed by atoms with van der Waals surface area (Å²) in [6, 6.07) is 1.27. The number of ether oxygens (including phenoxy) is 1. The van der Waals surface area contributed by atoms with E-state index in [9.17, 15) is 13.2 Å². The molecule has 0 aliphatic rings. The third-order valence-electron chi connectivity index (χ3n) is 1.66. The fourth-order valence-electron chi connectivity index (χ4n) is 0.816. The minimum atomic E-state index is -3.67. The number of esters is 1. The average Bonchev–Trinajstić information content (AvgIpc) is 2.65. The van der Waals surface area contributed by atoms with E-state index in [1.165, 1.54) is 33.5 Å². The third kappa shape index (κ3) is 2.16. The molecule has 0 spiro atoms. The summed E-state index contributed by atoms with van der Waals surface area (Å²) < 4.78 is 29.2. The molecule has 0 saturated carbocycles. The molecule has 8 heteroatoms. The summed E-state index contributed by atoms with van der Waals surface area (Å²) in [7, 11) is 0.269. The van der Waals surface area contributed by atoms with Gasteiger partial charge in [-0.2, -0.15) is 16.8 Å². The van der Waals surface area contributed by atoms with Crippen molar-refractivity contribution in [3.63, 3.8) is 0 Å². The molecule has 84 valence electrons. The molecule has 0 fully saturated rings. The molecule has 15 heavy (non-hydrogen) atoms. The van der Waals surface area contributed by atoms with Crippen LogP contribution in [0.5, 0.6) is 0 Å². The van der Waals surface area contributed by atoms with Crippen LogP contribution >= 0.6 is 0 Å². The molecule has 0 N–H and O–H groups in total. The zero-order valence-corrected chi connectivity index (χ0v) is 9.35. The Labute approximate surface area is 87.4 Å². The maximum Gasteiger partial charge on any atom is 0.358 e. The first-order valence-corrected chi connectivity index (χ1v) is 5.36.